The molecule has 1 spiro atoms. The van der Waals surface area contributed by atoms with E-state index in [1.54, 1.807) is 6.07 Å². The second-order valence-electron chi connectivity index (χ2n) is 8.50. The van der Waals surface area contributed by atoms with Gasteiger partial charge in [0.2, 0.25) is 0 Å². The van der Waals surface area contributed by atoms with Gasteiger partial charge in [-0.05, 0) is 71.6 Å². The summed E-state index contributed by atoms with van der Waals surface area (Å²) in [6.45, 7) is 6.65. The summed E-state index contributed by atoms with van der Waals surface area (Å²) < 4.78 is 13.6. The van der Waals surface area contributed by atoms with Crippen molar-refractivity contribution in [1.29, 1.82) is 0 Å². The van der Waals surface area contributed by atoms with Crippen LogP contribution in [0.3, 0.4) is 0 Å². The fourth-order valence-corrected chi connectivity index (χ4v) is 4.86. The highest BCUT2D eigenvalue weighted by atomic mass is 19.1. The third-order valence-corrected chi connectivity index (χ3v) is 6.52. The molecule has 2 aliphatic rings. The quantitative estimate of drug-likeness (QED) is 0.758. The molecule has 0 radical (unpaired) electrons. The van der Waals surface area contributed by atoms with Crippen LogP contribution in [0.2, 0.25) is 0 Å². The first-order valence-electron chi connectivity index (χ1n) is 10.1. The number of likely N-dealkylation sites (tertiary alicyclic amines) is 1. The van der Waals surface area contributed by atoms with E-state index in [0.717, 1.165) is 56.6 Å². The molecule has 1 aromatic heterocycles. The first kappa shape index (κ1) is 19.3. The zero-order valence-corrected chi connectivity index (χ0v) is 17.0. The van der Waals surface area contributed by atoms with E-state index in [9.17, 15) is 9.18 Å². The molecule has 4 rings (SSSR count). The summed E-state index contributed by atoms with van der Waals surface area (Å²) in [5.41, 5.74) is 2.06. The van der Waals surface area contributed by atoms with Gasteiger partial charge in [-0.1, -0.05) is 0 Å². The summed E-state index contributed by atoms with van der Waals surface area (Å²) in [5, 5.41) is 0.726. The predicted molar refractivity (Wildman–Crippen MR) is 109 cm³/mol. The smallest absolute Gasteiger partial charge is 0.254 e. The van der Waals surface area contributed by atoms with Gasteiger partial charge in [0.15, 0.2) is 0 Å². The summed E-state index contributed by atoms with van der Waals surface area (Å²) in [5.74, 6) is -0.300. The van der Waals surface area contributed by atoms with Crippen molar-refractivity contribution in [3.63, 3.8) is 0 Å². The van der Waals surface area contributed by atoms with E-state index in [0.29, 0.717) is 11.1 Å². The molecule has 1 amide bonds. The second kappa shape index (κ2) is 7.41. The molecule has 2 aromatic rings. The molecule has 28 heavy (non-hydrogen) atoms. The number of hydrogen-bond acceptors (Lipinski definition) is 4. The average Bonchev–Trinajstić information content (AvgIpc) is 2.79. The van der Waals surface area contributed by atoms with Gasteiger partial charge in [0.05, 0.1) is 11.1 Å². The molecule has 2 aliphatic heterocycles. The molecule has 1 aromatic carbocycles. The second-order valence-corrected chi connectivity index (χ2v) is 8.50. The predicted octanol–water partition coefficient (Wildman–Crippen LogP) is 2.92. The maximum atomic E-state index is 13.6. The highest BCUT2D eigenvalue weighted by Gasteiger charge is 2.41. The summed E-state index contributed by atoms with van der Waals surface area (Å²) in [6.07, 6.45) is 3.16. The average molecular weight is 384 g/mol. The molecule has 0 saturated carbocycles. The Balaban J connectivity index is 1.57. The highest BCUT2D eigenvalue weighted by molar-refractivity contribution is 6.06. The zero-order chi connectivity index (χ0) is 19.9. The number of aromatic nitrogens is 1. The van der Waals surface area contributed by atoms with Crippen molar-refractivity contribution in [2.75, 3.05) is 46.8 Å². The molecule has 6 heteroatoms. The Morgan fingerprint density at radius 3 is 2.61 bits per heavy atom. The maximum Gasteiger partial charge on any atom is 0.254 e. The van der Waals surface area contributed by atoms with Crippen molar-refractivity contribution in [2.45, 2.75) is 31.7 Å². The lowest BCUT2D eigenvalue weighted by Gasteiger charge is -2.47. The van der Waals surface area contributed by atoms with E-state index in [-0.39, 0.29) is 17.3 Å². The van der Waals surface area contributed by atoms with E-state index in [2.05, 4.69) is 28.9 Å². The molecule has 2 fully saturated rings. The lowest BCUT2D eigenvalue weighted by Crippen LogP contribution is -2.58. The van der Waals surface area contributed by atoms with Crippen LogP contribution in [0, 0.1) is 12.7 Å². The first-order valence-corrected chi connectivity index (χ1v) is 10.1. The Hall–Kier alpha value is -2.05. The molecule has 0 unspecified atom stereocenters. The van der Waals surface area contributed by atoms with Crippen molar-refractivity contribution in [3.05, 3.63) is 41.3 Å². The number of fused-ring (bicyclic) bond motifs is 1. The number of nitrogens with zero attached hydrogens (tertiary/aromatic N) is 4. The minimum absolute atomic E-state index is 0.0292. The van der Waals surface area contributed by atoms with Crippen LogP contribution in [0.5, 0.6) is 0 Å². The molecule has 0 bridgehead atoms. The van der Waals surface area contributed by atoms with Gasteiger partial charge in [0.1, 0.15) is 5.82 Å². The lowest BCUT2D eigenvalue weighted by molar-refractivity contribution is 0.0283. The minimum Gasteiger partial charge on any atom is -0.338 e. The number of halogens is 1. The number of piperidine rings is 1. The standard InChI is InChI=1S/C22H29FN4O/c1-16-13-19(18-6-5-17(23)14-20(18)24-16)21(28)27-11-7-22(8-12-27)15-25(2)9-4-10-26(22)3/h5-6,13-14H,4,7-12,15H2,1-3H3. The molecular formula is C22H29FN4O. The fraction of sp³-hybridized carbons (Fsp3) is 0.545. The van der Waals surface area contributed by atoms with E-state index >= 15 is 0 Å². The third kappa shape index (κ3) is 3.51. The fourth-order valence-electron chi connectivity index (χ4n) is 4.86. The largest absolute Gasteiger partial charge is 0.338 e. The highest BCUT2D eigenvalue weighted by Crippen LogP contribution is 2.32. The van der Waals surface area contributed by atoms with Crippen LogP contribution in [0.1, 0.15) is 35.3 Å². The number of carbonyl (C=O) groups is 1. The number of pyridine rings is 1. The molecule has 2 saturated heterocycles. The van der Waals surface area contributed by atoms with Gasteiger partial charge in [-0.3, -0.25) is 14.7 Å². The first-order chi connectivity index (χ1) is 13.4. The molecule has 0 N–H and O–H groups in total. The summed E-state index contributed by atoms with van der Waals surface area (Å²) in [4.78, 5) is 24.6. The zero-order valence-electron chi connectivity index (χ0n) is 17.0. The van der Waals surface area contributed by atoms with Crippen molar-refractivity contribution in [2.24, 2.45) is 0 Å². The van der Waals surface area contributed by atoms with E-state index in [1.165, 1.54) is 18.6 Å². The lowest BCUT2D eigenvalue weighted by atomic mass is 9.85. The number of likely N-dealkylation sites (N-methyl/N-ethyl adjacent to an activating group) is 2. The van der Waals surface area contributed by atoms with Crippen molar-refractivity contribution >= 4 is 16.8 Å². The number of amides is 1. The summed E-state index contributed by atoms with van der Waals surface area (Å²) >= 11 is 0. The van der Waals surface area contributed by atoms with Crippen LogP contribution in [0.4, 0.5) is 4.39 Å². The SMILES string of the molecule is Cc1cc(C(=O)N2CCC3(CC2)CN(C)CCCN3C)c2ccc(F)cc2n1. The number of aryl methyl sites for hydroxylation is 1. The molecule has 150 valence electrons. The van der Waals surface area contributed by atoms with Gasteiger partial charge < -0.3 is 9.80 Å². The molecule has 0 atom stereocenters. The van der Waals surface area contributed by atoms with Gasteiger partial charge >= 0.3 is 0 Å². The van der Waals surface area contributed by atoms with Crippen LogP contribution < -0.4 is 0 Å². The minimum atomic E-state index is -0.329. The molecule has 3 heterocycles. The topological polar surface area (TPSA) is 39.7 Å². The molecule has 0 aliphatic carbocycles. The van der Waals surface area contributed by atoms with E-state index < -0.39 is 0 Å². The van der Waals surface area contributed by atoms with Gasteiger partial charge in [0.25, 0.3) is 5.91 Å². The van der Waals surface area contributed by atoms with Gasteiger partial charge in [-0.15, -0.1) is 0 Å². The number of hydrogen-bond donors (Lipinski definition) is 0. The Morgan fingerprint density at radius 2 is 1.86 bits per heavy atom. The van der Waals surface area contributed by atoms with Gasteiger partial charge in [-0.25, -0.2) is 4.39 Å². The Kier molecular flexibility index (Phi) is 5.10. The Bertz CT molecular complexity index is 886. The van der Waals surface area contributed by atoms with Crippen molar-refractivity contribution in [3.8, 4) is 0 Å². The van der Waals surface area contributed by atoms with Crippen molar-refractivity contribution in [1.82, 2.24) is 19.7 Å². The van der Waals surface area contributed by atoms with Crippen LogP contribution in [0.25, 0.3) is 10.9 Å². The molecule has 5 nitrogen and oxygen atoms in total. The van der Waals surface area contributed by atoms with E-state index in [1.807, 2.05) is 17.9 Å². The van der Waals surface area contributed by atoms with Gasteiger partial charge in [0, 0.05) is 42.3 Å². The number of carbonyl (C=O) groups excluding carboxylic acids is 1. The van der Waals surface area contributed by atoms with E-state index in [4.69, 9.17) is 0 Å². The van der Waals surface area contributed by atoms with Crippen LogP contribution in [-0.2, 0) is 0 Å². The Labute approximate surface area is 166 Å². The maximum absolute atomic E-state index is 13.6. The van der Waals surface area contributed by atoms with Crippen LogP contribution in [0.15, 0.2) is 24.3 Å². The number of rotatable bonds is 1. The molecular weight excluding hydrogens is 355 g/mol. The van der Waals surface area contributed by atoms with Gasteiger partial charge in [-0.2, -0.15) is 0 Å². The Morgan fingerprint density at radius 1 is 1.11 bits per heavy atom. The summed E-state index contributed by atoms with van der Waals surface area (Å²) in [6, 6.07) is 6.31. The summed E-state index contributed by atoms with van der Waals surface area (Å²) in [7, 11) is 4.42. The monoisotopic (exact) mass is 384 g/mol. The van der Waals surface area contributed by atoms with Crippen LogP contribution >= 0.6 is 0 Å². The third-order valence-electron chi connectivity index (χ3n) is 6.52. The van der Waals surface area contributed by atoms with Crippen LogP contribution in [-0.4, -0.2) is 77.9 Å². The van der Waals surface area contributed by atoms with Crippen molar-refractivity contribution < 1.29 is 9.18 Å². The number of benzene rings is 1. The normalized spacial score (nSPS) is 21.2.